The summed E-state index contributed by atoms with van der Waals surface area (Å²) in [6.07, 6.45) is 0.909. The van der Waals surface area contributed by atoms with Crippen LogP contribution >= 0.6 is 12.4 Å². The number of rotatable bonds is 6. The second-order valence-corrected chi connectivity index (χ2v) is 6.02. The van der Waals surface area contributed by atoms with Crippen molar-refractivity contribution in [3.63, 3.8) is 0 Å². The highest BCUT2D eigenvalue weighted by Crippen LogP contribution is 2.21. The quantitative estimate of drug-likeness (QED) is 0.840. The topological polar surface area (TPSA) is 72.2 Å². The first-order valence-electron chi connectivity index (χ1n) is 5.99. The number of halogens is 3. The SMILES string of the molecule is CCC(CC)(CN)NS(=O)(=O)c1cc(F)ccc1F.Cl. The van der Waals surface area contributed by atoms with E-state index >= 15 is 0 Å². The van der Waals surface area contributed by atoms with Crippen LogP contribution in [0.5, 0.6) is 0 Å². The Kier molecular flexibility index (Phi) is 7.03. The van der Waals surface area contributed by atoms with E-state index in [4.69, 9.17) is 5.73 Å². The Bertz CT molecular complexity index is 540. The molecule has 0 radical (unpaired) electrons. The molecular weight excluding hydrogens is 310 g/mol. The Hall–Kier alpha value is -0.760. The molecule has 1 rings (SSSR count). The van der Waals surface area contributed by atoms with Crippen LogP contribution in [0.1, 0.15) is 26.7 Å². The minimum atomic E-state index is -4.15. The molecule has 3 N–H and O–H groups in total. The highest BCUT2D eigenvalue weighted by Gasteiger charge is 2.32. The lowest BCUT2D eigenvalue weighted by atomic mass is 9.95. The Morgan fingerprint density at radius 1 is 1.25 bits per heavy atom. The van der Waals surface area contributed by atoms with Gasteiger partial charge in [0.2, 0.25) is 10.0 Å². The summed E-state index contributed by atoms with van der Waals surface area (Å²) >= 11 is 0. The molecule has 0 spiro atoms. The van der Waals surface area contributed by atoms with E-state index in [9.17, 15) is 17.2 Å². The predicted molar refractivity (Wildman–Crippen MR) is 76.3 cm³/mol. The van der Waals surface area contributed by atoms with Crippen LogP contribution in [0, 0.1) is 11.6 Å². The smallest absolute Gasteiger partial charge is 0.244 e. The third kappa shape index (κ3) is 4.12. The molecule has 0 atom stereocenters. The molecule has 0 fully saturated rings. The van der Waals surface area contributed by atoms with Crippen LogP contribution in [0.3, 0.4) is 0 Å². The average Bonchev–Trinajstić information content (AvgIpc) is 2.39. The fraction of sp³-hybridized carbons (Fsp3) is 0.500. The molecule has 116 valence electrons. The van der Waals surface area contributed by atoms with E-state index in [0.717, 1.165) is 12.1 Å². The summed E-state index contributed by atoms with van der Waals surface area (Å²) in [6, 6.07) is 2.31. The van der Waals surface area contributed by atoms with Gasteiger partial charge < -0.3 is 5.73 Å². The number of hydrogen-bond acceptors (Lipinski definition) is 3. The third-order valence-corrected chi connectivity index (χ3v) is 4.87. The summed E-state index contributed by atoms with van der Waals surface area (Å²) in [6.45, 7) is 3.64. The highest BCUT2D eigenvalue weighted by atomic mass is 35.5. The first-order valence-corrected chi connectivity index (χ1v) is 7.47. The van der Waals surface area contributed by atoms with E-state index in [2.05, 4.69) is 4.72 Å². The molecule has 1 aromatic carbocycles. The lowest BCUT2D eigenvalue weighted by Gasteiger charge is -2.31. The van der Waals surface area contributed by atoms with Gasteiger partial charge in [0, 0.05) is 12.1 Å². The van der Waals surface area contributed by atoms with Gasteiger partial charge in [-0.15, -0.1) is 12.4 Å². The monoisotopic (exact) mass is 328 g/mol. The van der Waals surface area contributed by atoms with E-state index in [0.29, 0.717) is 18.9 Å². The van der Waals surface area contributed by atoms with Crippen LogP contribution in [0.15, 0.2) is 23.1 Å². The van der Waals surface area contributed by atoms with Gasteiger partial charge in [0.05, 0.1) is 0 Å². The summed E-state index contributed by atoms with van der Waals surface area (Å²) in [5.74, 6) is -1.81. The Morgan fingerprint density at radius 2 is 1.80 bits per heavy atom. The van der Waals surface area contributed by atoms with Crippen LogP contribution in [-0.2, 0) is 10.0 Å². The van der Waals surface area contributed by atoms with Crippen molar-refractivity contribution in [1.82, 2.24) is 4.72 Å². The van der Waals surface area contributed by atoms with Gasteiger partial charge in [-0.05, 0) is 31.0 Å². The van der Waals surface area contributed by atoms with Crippen molar-refractivity contribution < 1.29 is 17.2 Å². The number of nitrogens with one attached hydrogen (secondary N) is 1. The molecule has 0 heterocycles. The first kappa shape index (κ1) is 19.2. The summed E-state index contributed by atoms with van der Waals surface area (Å²) in [4.78, 5) is -0.702. The number of benzene rings is 1. The molecule has 0 bridgehead atoms. The molecule has 0 aliphatic carbocycles. The maximum atomic E-state index is 13.5. The summed E-state index contributed by atoms with van der Waals surface area (Å²) in [5.41, 5.74) is 4.74. The zero-order chi connectivity index (χ0) is 14.7. The maximum absolute atomic E-state index is 13.5. The minimum absolute atomic E-state index is 0. The van der Waals surface area contributed by atoms with Crippen molar-refractivity contribution in [1.29, 1.82) is 0 Å². The van der Waals surface area contributed by atoms with Crippen LogP contribution in [-0.4, -0.2) is 20.5 Å². The predicted octanol–water partition coefficient (Wildman–Crippen LogP) is 2.18. The lowest BCUT2D eigenvalue weighted by molar-refractivity contribution is 0.362. The summed E-state index contributed by atoms with van der Waals surface area (Å²) in [7, 11) is -4.15. The maximum Gasteiger partial charge on any atom is 0.244 e. The van der Waals surface area contributed by atoms with Gasteiger partial charge in [0.25, 0.3) is 0 Å². The molecule has 0 aliphatic rings. The van der Waals surface area contributed by atoms with E-state index in [-0.39, 0.29) is 19.0 Å². The number of hydrogen-bond donors (Lipinski definition) is 2. The highest BCUT2D eigenvalue weighted by molar-refractivity contribution is 7.89. The molecule has 0 amide bonds. The molecule has 0 unspecified atom stereocenters. The molecule has 0 saturated carbocycles. The van der Waals surface area contributed by atoms with Crippen LogP contribution in [0.2, 0.25) is 0 Å². The standard InChI is InChI=1S/C12H18F2N2O2S.ClH/c1-3-12(4-2,8-15)16-19(17,18)11-7-9(13)5-6-10(11)14;/h5-7,16H,3-4,8,15H2,1-2H3;1H. The molecule has 0 aromatic heterocycles. The van der Waals surface area contributed by atoms with Crippen molar-refractivity contribution in [2.75, 3.05) is 6.54 Å². The van der Waals surface area contributed by atoms with Crippen molar-refractivity contribution in [3.05, 3.63) is 29.8 Å². The molecular formula is C12H19ClF2N2O2S. The lowest BCUT2D eigenvalue weighted by Crippen LogP contribution is -2.52. The van der Waals surface area contributed by atoms with Crippen molar-refractivity contribution >= 4 is 22.4 Å². The van der Waals surface area contributed by atoms with Gasteiger partial charge in [-0.3, -0.25) is 0 Å². The molecule has 4 nitrogen and oxygen atoms in total. The third-order valence-electron chi connectivity index (χ3n) is 3.28. The Balaban J connectivity index is 0.00000361. The zero-order valence-corrected chi connectivity index (χ0v) is 13.0. The Morgan fingerprint density at radius 3 is 2.25 bits per heavy atom. The van der Waals surface area contributed by atoms with E-state index in [1.165, 1.54) is 0 Å². The van der Waals surface area contributed by atoms with Gasteiger partial charge >= 0.3 is 0 Å². The molecule has 1 aromatic rings. The second-order valence-electron chi connectivity index (χ2n) is 4.37. The Labute approximate surface area is 124 Å². The number of sulfonamides is 1. The van der Waals surface area contributed by atoms with Gasteiger partial charge in [-0.2, -0.15) is 0 Å². The normalized spacial score (nSPS) is 12.1. The fourth-order valence-corrected chi connectivity index (χ4v) is 3.39. The van der Waals surface area contributed by atoms with Gasteiger partial charge in [-0.25, -0.2) is 21.9 Å². The number of nitrogens with two attached hydrogens (primary N) is 1. The fourth-order valence-electron chi connectivity index (χ4n) is 1.75. The van der Waals surface area contributed by atoms with Gasteiger partial charge in [-0.1, -0.05) is 13.8 Å². The van der Waals surface area contributed by atoms with Gasteiger partial charge in [0.15, 0.2) is 0 Å². The van der Waals surface area contributed by atoms with Crippen molar-refractivity contribution in [2.24, 2.45) is 5.73 Å². The van der Waals surface area contributed by atoms with Crippen LogP contribution < -0.4 is 10.5 Å². The second kappa shape index (κ2) is 7.31. The molecule has 8 heteroatoms. The van der Waals surface area contributed by atoms with Gasteiger partial charge in [0.1, 0.15) is 16.5 Å². The van der Waals surface area contributed by atoms with Crippen molar-refractivity contribution in [2.45, 2.75) is 37.1 Å². The first-order chi connectivity index (χ1) is 8.80. The molecule has 0 aliphatic heterocycles. The summed E-state index contributed by atoms with van der Waals surface area (Å²) in [5, 5.41) is 0. The minimum Gasteiger partial charge on any atom is -0.329 e. The van der Waals surface area contributed by atoms with Crippen LogP contribution in [0.4, 0.5) is 8.78 Å². The van der Waals surface area contributed by atoms with E-state index < -0.39 is 32.1 Å². The van der Waals surface area contributed by atoms with E-state index in [1.54, 1.807) is 13.8 Å². The van der Waals surface area contributed by atoms with Crippen molar-refractivity contribution in [3.8, 4) is 0 Å². The average molecular weight is 329 g/mol. The zero-order valence-electron chi connectivity index (χ0n) is 11.3. The van der Waals surface area contributed by atoms with E-state index in [1.807, 2.05) is 0 Å². The summed E-state index contributed by atoms with van der Waals surface area (Å²) < 4.78 is 53.2. The van der Waals surface area contributed by atoms with Crippen LogP contribution in [0.25, 0.3) is 0 Å². The molecule has 20 heavy (non-hydrogen) atoms. The molecule has 0 saturated heterocycles. The largest absolute Gasteiger partial charge is 0.329 e.